The number of benzene rings is 1. The van der Waals surface area contributed by atoms with E-state index in [4.69, 9.17) is 11.6 Å². The van der Waals surface area contributed by atoms with Crippen LogP contribution in [0.25, 0.3) is 0 Å². The van der Waals surface area contributed by atoms with Gasteiger partial charge >= 0.3 is 0 Å². The average molecular weight is 293 g/mol. The highest BCUT2D eigenvalue weighted by molar-refractivity contribution is 6.33. The molecule has 2 aliphatic heterocycles. The van der Waals surface area contributed by atoms with Crippen molar-refractivity contribution in [1.82, 2.24) is 5.32 Å². The molecule has 0 unspecified atom stereocenters. The van der Waals surface area contributed by atoms with E-state index in [-0.39, 0.29) is 17.2 Å². The second kappa shape index (κ2) is 5.09. The summed E-state index contributed by atoms with van der Waals surface area (Å²) in [5.74, 6) is -0.264. The van der Waals surface area contributed by atoms with Gasteiger partial charge in [-0.05, 0) is 30.4 Å². The predicted octanol–water partition coefficient (Wildman–Crippen LogP) is 2.36. The molecular weight excluding hydrogens is 276 g/mol. The van der Waals surface area contributed by atoms with Crippen molar-refractivity contribution >= 4 is 29.1 Å². The lowest BCUT2D eigenvalue weighted by Crippen LogP contribution is -2.50. The number of hydrogen-bond donors (Lipinski definition) is 1. The first-order valence-electron chi connectivity index (χ1n) is 6.90. The number of carbonyl (C=O) groups is 2. The summed E-state index contributed by atoms with van der Waals surface area (Å²) in [6.45, 7) is 1.68. The molecule has 1 aromatic carbocycles. The Hall–Kier alpha value is -1.55. The summed E-state index contributed by atoms with van der Waals surface area (Å²) < 4.78 is 0. The molecule has 0 bridgehead atoms. The normalized spacial score (nSPS) is 21.9. The molecule has 106 valence electrons. The molecule has 2 heterocycles. The Bertz CT molecular complexity index is 533. The molecule has 4 nitrogen and oxygen atoms in total. The van der Waals surface area contributed by atoms with Gasteiger partial charge in [0.15, 0.2) is 0 Å². The van der Waals surface area contributed by atoms with E-state index in [9.17, 15) is 9.59 Å². The Morgan fingerprint density at radius 1 is 1.05 bits per heavy atom. The standard InChI is InChI=1S/C15H17ClN2O2/c16-11-3-1-2-4-12(11)18-7-5-15(6-8-18)9-13(19)17-14(20)10-15/h1-4H,5-10H2,(H,17,19,20). The van der Waals surface area contributed by atoms with Gasteiger partial charge < -0.3 is 4.90 Å². The largest absolute Gasteiger partial charge is 0.370 e. The van der Waals surface area contributed by atoms with E-state index in [1.807, 2.05) is 24.3 Å². The lowest BCUT2D eigenvalue weighted by atomic mass is 9.71. The quantitative estimate of drug-likeness (QED) is 0.809. The summed E-state index contributed by atoms with van der Waals surface area (Å²) >= 11 is 6.22. The number of amides is 2. The first-order chi connectivity index (χ1) is 9.58. The van der Waals surface area contributed by atoms with E-state index in [2.05, 4.69) is 10.2 Å². The highest BCUT2D eigenvalue weighted by Gasteiger charge is 2.41. The summed E-state index contributed by atoms with van der Waals surface area (Å²) in [5.41, 5.74) is 0.896. The molecular formula is C15H17ClN2O2. The van der Waals surface area contributed by atoms with E-state index in [1.54, 1.807) is 0 Å². The van der Waals surface area contributed by atoms with Crippen molar-refractivity contribution in [2.75, 3.05) is 18.0 Å². The highest BCUT2D eigenvalue weighted by Crippen LogP contribution is 2.42. The van der Waals surface area contributed by atoms with E-state index in [0.717, 1.165) is 36.6 Å². The first kappa shape index (κ1) is 13.4. The van der Waals surface area contributed by atoms with Crippen LogP contribution in [0.1, 0.15) is 25.7 Å². The van der Waals surface area contributed by atoms with E-state index >= 15 is 0 Å². The van der Waals surface area contributed by atoms with Crippen molar-refractivity contribution in [3.05, 3.63) is 29.3 Å². The number of carbonyl (C=O) groups excluding carboxylic acids is 2. The second-order valence-corrected chi connectivity index (χ2v) is 6.17. The minimum atomic E-state index is -0.142. The highest BCUT2D eigenvalue weighted by atomic mass is 35.5. The van der Waals surface area contributed by atoms with Gasteiger partial charge in [-0.2, -0.15) is 0 Å². The molecule has 2 saturated heterocycles. The van der Waals surface area contributed by atoms with Crippen molar-refractivity contribution in [2.45, 2.75) is 25.7 Å². The van der Waals surface area contributed by atoms with Gasteiger partial charge in [0.1, 0.15) is 0 Å². The Balaban J connectivity index is 1.72. The molecule has 2 aliphatic rings. The third-order valence-corrected chi connectivity index (χ3v) is 4.69. The van der Waals surface area contributed by atoms with Crippen LogP contribution in [0.4, 0.5) is 5.69 Å². The zero-order valence-electron chi connectivity index (χ0n) is 11.2. The molecule has 5 heteroatoms. The molecule has 0 atom stereocenters. The fourth-order valence-corrected chi connectivity index (χ4v) is 3.53. The first-order valence-corrected chi connectivity index (χ1v) is 7.28. The zero-order chi connectivity index (χ0) is 14.2. The van der Waals surface area contributed by atoms with Crippen LogP contribution in [0.5, 0.6) is 0 Å². The zero-order valence-corrected chi connectivity index (χ0v) is 11.9. The minimum absolute atomic E-state index is 0.132. The fourth-order valence-electron chi connectivity index (χ4n) is 3.27. The van der Waals surface area contributed by atoms with Gasteiger partial charge in [0.2, 0.25) is 11.8 Å². The van der Waals surface area contributed by atoms with Gasteiger partial charge in [-0.1, -0.05) is 23.7 Å². The third-order valence-electron chi connectivity index (χ3n) is 4.37. The van der Waals surface area contributed by atoms with E-state index < -0.39 is 0 Å². The number of imide groups is 1. The van der Waals surface area contributed by atoms with Gasteiger partial charge in [-0.25, -0.2) is 0 Å². The Kier molecular flexibility index (Phi) is 3.42. The molecule has 2 amide bonds. The van der Waals surface area contributed by atoms with Crippen molar-refractivity contribution in [1.29, 1.82) is 0 Å². The van der Waals surface area contributed by atoms with Crippen LogP contribution >= 0.6 is 11.6 Å². The van der Waals surface area contributed by atoms with Crippen LogP contribution in [0.15, 0.2) is 24.3 Å². The minimum Gasteiger partial charge on any atom is -0.370 e. The lowest BCUT2D eigenvalue weighted by molar-refractivity contribution is -0.138. The van der Waals surface area contributed by atoms with E-state index in [0.29, 0.717) is 12.8 Å². The smallest absolute Gasteiger partial charge is 0.227 e. The van der Waals surface area contributed by atoms with Crippen molar-refractivity contribution in [3.8, 4) is 0 Å². The fraction of sp³-hybridized carbons (Fsp3) is 0.467. The maximum atomic E-state index is 11.6. The number of rotatable bonds is 1. The summed E-state index contributed by atoms with van der Waals surface area (Å²) in [6, 6.07) is 7.79. The molecule has 1 aromatic rings. The maximum absolute atomic E-state index is 11.6. The van der Waals surface area contributed by atoms with Crippen LogP contribution in [0.3, 0.4) is 0 Å². The topological polar surface area (TPSA) is 49.4 Å². The molecule has 0 aliphatic carbocycles. The molecule has 20 heavy (non-hydrogen) atoms. The summed E-state index contributed by atoms with van der Waals surface area (Å²) in [4.78, 5) is 25.4. The van der Waals surface area contributed by atoms with Crippen molar-refractivity contribution in [2.24, 2.45) is 5.41 Å². The van der Waals surface area contributed by atoms with Gasteiger partial charge in [0.25, 0.3) is 0 Å². The van der Waals surface area contributed by atoms with Crippen molar-refractivity contribution < 1.29 is 9.59 Å². The maximum Gasteiger partial charge on any atom is 0.227 e. The average Bonchev–Trinajstić information content (AvgIpc) is 2.39. The molecule has 3 rings (SSSR count). The number of nitrogens with zero attached hydrogens (tertiary/aromatic N) is 1. The van der Waals surface area contributed by atoms with Crippen LogP contribution in [0, 0.1) is 5.41 Å². The van der Waals surface area contributed by atoms with Gasteiger partial charge in [0.05, 0.1) is 10.7 Å². The Morgan fingerprint density at radius 3 is 2.25 bits per heavy atom. The predicted molar refractivity (Wildman–Crippen MR) is 77.7 cm³/mol. The van der Waals surface area contributed by atoms with Crippen LogP contribution in [-0.2, 0) is 9.59 Å². The number of anilines is 1. The molecule has 0 radical (unpaired) electrons. The number of nitrogens with one attached hydrogen (secondary N) is 1. The van der Waals surface area contributed by atoms with Gasteiger partial charge in [0, 0.05) is 25.9 Å². The van der Waals surface area contributed by atoms with Crippen LogP contribution in [-0.4, -0.2) is 24.9 Å². The summed E-state index contributed by atoms with van der Waals surface area (Å²) in [5, 5.41) is 3.14. The Labute approximate surface area is 123 Å². The van der Waals surface area contributed by atoms with Crippen LogP contribution < -0.4 is 10.2 Å². The molecule has 0 aromatic heterocycles. The summed E-state index contributed by atoms with van der Waals surface area (Å²) in [7, 11) is 0. The van der Waals surface area contributed by atoms with Gasteiger partial charge in [-0.3, -0.25) is 14.9 Å². The summed E-state index contributed by atoms with van der Waals surface area (Å²) in [6.07, 6.45) is 2.65. The van der Waals surface area contributed by atoms with Gasteiger partial charge in [-0.15, -0.1) is 0 Å². The lowest BCUT2D eigenvalue weighted by Gasteiger charge is -2.43. The second-order valence-electron chi connectivity index (χ2n) is 5.76. The number of hydrogen-bond acceptors (Lipinski definition) is 3. The van der Waals surface area contributed by atoms with Crippen molar-refractivity contribution in [3.63, 3.8) is 0 Å². The monoisotopic (exact) mass is 292 g/mol. The number of para-hydroxylation sites is 1. The SMILES string of the molecule is O=C1CC2(CCN(c3ccccc3Cl)CC2)CC(=O)N1. The Morgan fingerprint density at radius 2 is 1.65 bits per heavy atom. The molecule has 2 fully saturated rings. The third kappa shape index (κ3) is 2.52. The van der Waals surface area contributed by atoms with E-state index in [1.165, 1.54) is 0 Å². The van der Waals surface area contributed by atoms with Crippen LogP contribution in [0.2, 0.25) is 5.02 Å². The molecule has 1 N–H and O–H groups in total. The number of halogens is 1. The number of piperidine rings is 2. The molecule has 1 spiro atoms. The molecule has 0 saturated carbocycles.